The third kappa shape index (κ3) is 4.56. The molecular weight excluding hydrogens is 302 g/mol. The number of ketones is 1. The van der Waals surface area contributed by atoms with Crippen molar-refractivity contribution >= 4 is 17.4 Å². The van der Waals surface area contributed by atoms with Crippen molar-refractivity contribution in [2.24, 2.45) is 0 Å². The first kappa shape index (κ1) is 17.5. The molecule has 0 saturated carbocycles. The predicted octanol–water partition coefficient (Wildman–Crippen LogP) is 4.49. The Balaban J connectivity index is 1.98. The lowest BCUT2D eigenvalue weighted by molar-refractivity contribution is 0.0696. The number of carbonyl (C=O) groups is 2. The molecule has 2 N–H and O–H groups in total. The van der Waals surface area contributed by atoms with Gasteiger partial charge in [0.2, 0.25) is 0 Å². The van der Waals surface area contributed by atoms with Crippen LogP contribution < -0.4 is 5.32 Å². The summed E-state index contributed by atoms with van der Waals surface area (Å²) in [5.74, 6) is -1.06. The summed E-state index contributed by atoms with van der Waals surface area (Å²) in [6, 6.07) is 13.9. The molecule has 24 heavy (non-hydrogen) atoms. The molecule has 0 amide bonds. The monoisotopic (exact) mass is 323 g/mol. The number of nitrogens with one attached hydrogen (secondary N) is 1. The van der Waals surface area contributed by atoms with E-state index in [1.807, 2.05) is 24.3 Å². The largest absolute Gasteiger partial charge is 0.478 e. The second-order valence-corrected chi connectivity index (χ2v) is 6.55. The molecule has 0 aliphatic heterocycles. The Hall–Kier alpha value is -2.88. The van der Waals surface area contributed by atoms with Crippen molar-refractivity contribution in [3.8, 4) is 0 Å². The average Bonchev–Trinajstić information content (AvgIpc) is 2.54. The molecular formula is C20H21NO3. The van der Waals surface area contributed by atoms with E-state index in [4.69, 9.17) is 5.11 Å². The van der Waals surface area contributed by atoms with Crippen LogP contribution in [0.3, 0.4) is 0 Å². The fourth-order valence-corrected chi connectivity index (χ4v) is 2.15. The van der Waals surface area contributed by atoms with Gasteiger partial charge in [0, 0.05) is 23.5 Å². The lowest BCUT2D eigenvalue weighted by Gasteiger charge is -2.18. The van der Waals surface area contributed by atoms with E-state index in [-0.39, 0.29) is 16.8 Å². The van der Waals surface area contributed by atoms with Crippen molar-refractivity contribution in [3.05, 3.63) is 77.5 Å². The molecule has 4 heteroatoms. The van der Waals surface area contributed by atoms with Crippen LogP contribution in [0, 0.1) is 0 Å². The van der Waals surface area contributed by atoms with Gasteiger partial charge in [0.05, 0.1) is 5.56 Å². The zero-order valence-electron chi connectivity index (χ0n) is 14.0. The zero-order chi connectivity index (χ0) is 17.7. The molecule has 124 valence electrons. The van der Waals surface area contributed by atoms with Gasteiger partial charge in [0.15, 0.2) is 5.78 Å². The summed E-state index contributed by atoms with van der Waals surface area (Å²) >= 11 is 0. The van der Waals surface area contributed by atoms with Gasteiger partial charge in [0.25, 0.3) is 0 Å². The lowest BCUT2D eigenvalue weighted by atomic mass is 9.86. The molecule has 0 heterocycles. The van der Waals surface area contributed by atoms with Crippen molar-refractivity contribution in [2.75, 3.05) is 5.32 Å². The minimum atomic E-state index is -0.967. The highest BCUT2D eigenvalue weighted by atomic mass is 16.4. The maximum absolute atomic E-state index is 12.1. The van der Waals surface area contributed by atoms with Gasteiger partial charge < -0.3 is 10.4 Å². The molecule has 0 aromatic heterocycles. The maximum atomic E-state index is 12.1. The lowest BCUT2D eigenvalue weighted by Crippen LogP contribution is -2.11. The number of anilines is 1. The van der Waals surface area contributed by atoms with Crippen LogP contribution in [-0.4, -0.2) is 16.9 Å². The number of carbonyl (C=O) groups excluding carboxylic acids is 1. The zero-order valence-corrected chi connectivity index (χ0v) is 14.0. The number of hydrogen-bond acceptors (Lipinski definition) is 3. The van der Waals surface area contributed by atoms with Crippen LogP contribution in [0.4, 0.5) is 5.69 Å². The highest BCUT2D eigenvalue weighted by Crippen LogP contribution is 2.22. The van der Waals surface area contributed by atoms with Crippen LogP contribution >= 0.6 is 0 Å². The fraction of sp³-hybridized carbons (Fsp3) is 0.200. The molecule has 0 spiro atoms. The second-order valence-electron chi connectivity index (χ2n) is 6.55. The molecule has 4 nitrogen and oxygen atoms in total. The summed E-state index contributed by atoms with van der Waals surface area (Å²) in [5, 5.41) is 11.8. The molecule has 0 atom stereocenters. The van der Waals surface area contributed by atoms with E-state index < -0.39 is 5.97 Å². The first-order valence-electron chi connectivity index (χ1n) is 7.69. The smallest absolute Gasteiger partial charge is 0.335 e. The van der Waals surface area contributed by atoms with Gasteiger partial charge >= 0.3 is 5.97 Å². The van der Waals surface area contributed by atoms with Gasteiger partial charge in [-0.1, -0.05) is 45.0 Å². The number of carboxylic acids is 1. The molecule has 0 unspecified atom stereocenters. The highest BCUT2D eigenvalue weighted by molar-refractivity contribution is 6.04. The third-order valence-corrected chi connectivity index (χ3v) is 3.65. The Bertz CT molecular complexity index is 751. The summed E-state index contributed by atoms with van der Waals surface area (Å²) in [4.78, 5) is 22.9. The van der Waals surface area contributed by atoms with E-state index in [0.717, 1.165) is 0 Å². The van der Waals surface area contributed by atoms with E-state index in [1.54, 1.807) is 18.3 Å². The number of benzene rings is 2. The average molecular weight is 323 g/mol. The molecule has 2 aromatic rings. The standard InChI is InChI=1S/C20H21NO3/c1-20(2,3)16-8-4-14(5-9-16)18(22)12-13-21-17-10-6-15(7-11-17)19(23)24/h4-13,21H,1-3H3,(H,23,24)/b13-12+. The van der Waals surface area contributed by atoms with E-state index in [0.29, 0.717) is 11.3 Å². The summed E-state index contributed by atoms with van der Waals surface area (Å²) in [5.41, 5.74) is 2.80. The van der Waals surface area contributed by atoms with Crippen molar-refractivity contribution < 1.29 is 14.7 Å². The number of rotatable bonds is 5. The summed E-state index contributed by atoms with van der Waals surface area (Å²) in [6.45, 7) is 6.38. The quantitative estimate of drug-likeness (QED) is 0.628. The summed E-state index contributed by atoms with van der Waals surface area (Å²) < 4.78 is 0. The Morgan fingerprint density at radius 1 is 0.917 bits per heavy atom. The topological polar surface area (TPSA) is 66.4 Å². The minimum Gasteiger partial charge on any atom is -0.478 e. The van der Waals surface area contributed by atoms with Crippen molar-refractivity contribution in [2.45, 2.75) is 26.2 Å². The van der Waals surface area contributed by atoms with Gasteiger partial charge in [-0.25, -0.2) is 4.79 Å². The van der Waals surface area contributed by atoms with Crippen LogP contribution in [0.5, 0.6) is 0 Å². The normalized spacial score (nSPS) is 11.5. The maximum Gasteiger partial charge on any atom is 0.335 e. The summed E-state index contributed by atoms with van der Waals surface area (Å²) in [6.07, 6.45) is 3.01. The van der Waals surface area contributed by atoms with E-state index in [2.05, 4.69) is 26.1 Å². The molecule has 2 aromatic carbocycles. The highest BCUT2D eigenvalue weighted by Gasteiger charge is 2.13. The Morgan fingerprint density at radius 3 is 1.96 bits per heavy atom. The van der Waals surface area contributed by atoms with Crippen molar-refractivity contribution in [1.29, 1.82) is 0 Å². The molecule has 2 rings (SSSR count). The van der Waals surface area contributed by atoms with Crippen LogP contribution in [0.15, 0.2) is 60.8 Å². The van der Waals surface area contributed by atoms with Crippen LogP contribution in [-0.2, 0) is 5.41 Å². The van der Waals surface area contributed by atoms with Crippen LogP contribution in [0.2, 0.25) is 0 Å². The van der Waals surface area contributed by atoms with E-state index >= 15 is 0 Å². The number of carboxylic acid groups (broad SMARTS) is 1. The van der Waals surface area contributed by atoms with Crippen LogP contribution in [0.1, 0.15) is 47.1 Å². The molecule has 0 fully saturated rings. The number of aromatic carboxylic acids is 1. The minimum absolute atomic E-state index is 0.0566. The first-order valence-corrected chi connectivity index (χ1v) is 7.69. The fourth-order valence-electron chi connectivity index (χ4n) is 2.15. The Kier molecular flexibility index (Phi) is 5.19. The van der Waals surface area contributed by atoms with Gasteiger partial charge in [-0.15, -0.1) is 0 Å². The predicted molar refractivity (Wildman–Crippen MR) is 95.6 cm³/mol. The van der Waals surface area contributed by atoms with Crippen molar-refractivity contribution in [1.82, 2.24) is 0 Å². The SMILES string of the molecule is CC(C)(C)c1ccc(C(=O)/C=C/Nc2ccc(C(=O)O)cc2)cc1. The van der Waals surface area contributed by atoms with E-state index in [9.17, 15) is 9.59 Å². The van der Waals surface area contributed by atoms with Gasteiger partial charge in [-0.05, 0) is 35.2 Å². The van der Waals surface area contributed by atoms with Crippen molar-refractivity contribution in [3.63, 3.8) is 0 Å². The Morgan fingerprint density at radius 2 is 1.46 bits per heavy atom. The molecule has 0 bridgehead atoms. The molecule has 0 radical (unpaired) electrons. The first-order chi connectivity index (χ1) is 11.3. The second kappa shape index (κ2) is 7.13. The number of hydrogen-bond donors (Lipinski definition) is 2. The Labute approximate surface area is 141 Å². The molecule has 0 aliphatic carbocycles. The summed E-state index contributed by atoms with van der Waals surface area (Å²) in [7, 11) is 0. The van der Waals surface area contributed by atoms with Gasteiger partial charge in [-0.2, -0.15) is 0 Å². The third-order valence-electron chi connectivity index (χ3n) is 3.65. The number of allylic oxidation sites excluding steroid dienone is 1. The van der Waals surface area contributed by atoms with Gasteiger partial charge in [0.1, 0.15) is 0 Å². The molecule has 0 saturated heterocycles. The van der Waals surface area contributed by atoms with Gasteiger partial charge in [-0.3, -0.25) is 4.79 Å². The van der Waals surface area contributed by atoms with Crippen LogP contribution in [0.25, 0.3) is 0 Å². The molecule has 0 aliphatic rings. The van der Waals surface area contributed by atoms with E-state index in [1.165, 1.54) is 23.8 Å².